The van der Waals surface area contributed by atoms with E-state index in [1.807, 2.05) is 13.8 Å². The summed E-state index contributed by atoms with van der Waals surface area (Å²) in [5.74, 6) is -0.0880. The molecular weight excluding hydrogens is 314 g/mol. The van der Waals surface area contributed by atoms with Gasteiger partial charge < -0.3 is 10.3 Å². The zero-order chi connectivity index (χ0) is 15.7. The quantitative estimate of drug-likeness (QED) is 0.677. The number of hydrogen-bond acceptors (Lipinski definition) is 5. The van der Waals surface area contributed by atoms with Gasteiger partial charge in [0.15, 0.2) is 9.84 Å². The molecule has 1 aliphatic heterocycles. The third-order valence-electron chi connectivity index (χ3n) is 3.28. The first-order valence-electron chi connectivity index (χ1n) is 6.81. The fourth-order valence-corrected chi connectivity index (χ4v) is 5.23. The largest absolute Gasteiger partial charge is 0.363 e. The predicted octanol–water partition coefficient (Wildman–Crippen LogP) is -0.0219. The molecule has 1 unspecified atom stereocenters. The number of hydrogen-bond donors (Lipinski definition) is 3. The molecule has 2 rings (SSSR count). The van der Waals surface area contributed by atoms with Crippen LogP contribution in [0, 0.1) is 0 Å². The molecule has 2 heterocycles. The SMILES string of the molecule is CC(C)NCc1cc(S(=O)(=O)NC2CCS(=O)(=O)C2)c[nH]1. The number of sulfone groups is 1. The molecule has 1 aliphatic rings. The highest BCUT2D eigenvalue weighted by molar-refractivity contribution is 7.92. The zero-order valence-electron chi connectivity index (χ0n) is 12.1. The van der Waals surface area contributed by atoms with Crippen molar-refractivity contribution >= 4 is 19.9 Å². The molecule has 0 aliphatic carbocycles. The molecule has 1 aromatic heterocycles. The van der Waals surface area contributed by atoms with Crippen LogP contribution in [0.25, 0.3) is 0 Å². The third kappa shape index (κ3) is 4.53. The molecule has 120 valence electrons. The molecule has 0 aromatic carbocycles. The lowest BCUT2D eigenvalue weighted by molar-refractivity contribution is 0.562. The van der Waals surface area contributed by atoms with E-state index in [0.29, 0.717) is 19.0 Å². The van der Waals surface area contributed by atoms with Gasteiger partial charge in [-0.05, 0) is 12.5 Å². The van der Waals surface area contributed by atoms with E-state index in [9.17, 15) is 16.8 Å². The number of sulfonamides is 1. The molecule has 0 amide bonds. The van der Waals surface area contributed by atoms with Crippen molar-refractivity contribution in [3.63, 3.8) is 0 Å². The van der Waals surface area contributed by atoms with Crippen LogP contribution in [-0.4, -0.2) is 45.4 Å². The summed E-state index contributed by atoms with van der Waals surface area (Å²) < 4.78 is 49.6. The van der Waals surface area contributed by atoms with Gasteiger partial charge in [-0.15, -0.1) is 0 Å². The molecule has 0 bridgehead atoms. The van der Waals surface area contributed by atoms with E-state index in [4.69, 9.17) is 0 Å². The van der Waals surface area contributed by atoms with Crippen LogP contribution in [0.2, 0.25) is 0 Å². The maximum Gasteiger partial charge on any atom is 0.242 e. The summed E-state index contributed by atoms with van der Waals surface area (Å²) >= 11 is 0. The Bertz CT molecular complexity index is 692. The molecule has 21 heavy (non-hydrogen) atoms. The second kappa shape index (κ2) is 6.07. The number of aromatic amines is 1. The van der Waals surface area contributed by atoms with E-state index in [0.717, 1.165) is 5.69 Å². The Kier molecular flexibility index (Phi) is 4.76. The van der Waals surface area contributed by atoms with Gasteiger partial charge in [0.25, 0.3) is 0 Å². The smallest absolute Gasteiger partial charge is 0.242 e. The first-order chi connectivity index (χ1) is 9.68. The van der Waals surface area contributed by atoms with Crippen molar-refractivity contribution < 1.29 is 16.8 Å². The van der Waals surface area contributed by atoms with E-state index in [-0.39, 0.29) is 16.4 Å². The number of rotatable bonds is 6. The molecule has 3 N–H and O–H groups in total. The van der Waals surface area contributed by atoms with E-state index in [2.05, 4.69) is 15.0 Å². The summed E-state index contributed by atoms with van der Waals surface area (Å²) in [7, 11) is -6.79. The Balaban J connectivity index is 2.03. The maximum atomic E-state index is 12.2. The van der Waals surface area contributed by atoms with Crippen molar-refractivity contribution in [1.82, 2.24) is 15.0 Å². The van der Waals surface area contributed by atoms with Crippen LogP contribution in [-0.2, 0) is 26.4 Å². The minimum atomic E-state index is -3.69. The van der Waals surface area contributed by atoms with Gasteiger partial charge in [-0.1, -0.05) is 13.8 Å². The fourth-order valence-electron chi connectivity index (χ4n) is 2.17. The molecule has 7 nitrogen and oxygen atoms in total. The van der Waals surface area contributed by atoms with Gasteiger partial charge in [-0.2, -0.15) is 0 Å². The lowest BCUT2D eigenvalue weighted by atomic mass is 10.3. The lowest BCUT2D eigenvalue weighted by Crippen LogP contribution is -2.35. The standard InChI is InChI=1S/C12H21N3O4S2/c1-9(2)13-6-11-5-12(7-14-11)21(18,19)15-10-3-4-20(16,17)8-10/h5,7,9-10,13-15H,3-4,6,8H2,1-2H3. The summed E-state index contributed by atoms with van der Waals surface area (Å²) in [5.41, 5.74) is 0.767. The summed E-state index contributed by atoms with van der Waals surface area (Å²) in [6.45, 7) is 4.55. The van der Waals surface area contributed by atoms with E-state index < -0.39 is 25.9 Å². The Morgan fingerprint density at radius 3 is 2.71 bits per heavy atom. The van der Waals surface area contributed by atoms with Crippen LogP contribution in [0.15, 0.2) is 17.2 Å². The third-order valence-corrected chi connectivity index (χ3v) is 6.55. The Hall–Kier alpha value is -0.900. The minimum absolute atomic E-state index is 0.0386. The molecule has 0 radical (unpaired) electrons. The highest BCUT2D eigenvalue weighted by atomic mass is 32.2. The van der Waals surface area contributed by atoms with Crippen LogP contribution in [0.4, 0.5) is 0 Å². The summed E-state index contributed by atoms with van der Waals surface area (Å²) in [6.07, 6.45) is 1.75. The average molecular weight is 335 g/mol. The Morgan fingerprint density at radius 2 is 2.14 bits per heavy atom. The van der Waals surface area contributed by atoms with Crippen molar-refractivity contribution in [2.75, 3.05) is 11.5 Å². The normalized spacial score (nSPS) is 22.0. The van der Waals surface area contributed by atoms with E-state index in [1.165, 1.54) is 6.20 Å². The van der Waals surface area contributed by atoms with Crippen molar-refractivity contribution in [2.45, 2.75) is 43.8 Å². The monoisotopic (exact) mass is 335 g/mol. The lowest BCUT2D eigenvalue weighted by Gasteiger charge is -2.10. The highest BCUT2D eigenvalue weighted by Crippen LogP contribution is 2.16. The van der Waals surface area contributed by atoms with Crippen molar-refractivity contribution in [3.8, 4) is 0 Å². The summed E-state index contributed by atoms with van der Waals surface area (Å²) in [4.78, 5) is 3.04. The van der Waals surface area contributed by atoms with Gasteiger partial charge in [0, 0.05) is 30.5 Å². The van der Waals surface area contributed by atoms with E-state index >= 15 is 0 Å². The van der Waals surface area contributed by atoms with Gasteiger partial charge >= 0.3 is 0 Å². The molecule has 1 aromatic rings. The van der Waals surface area contributed by atoms with Crippen LogP contribution in [0.3, 0.4) is 0 Å². The van der Waals surface area contributed by atoms with Crippen LogP contribution < -0.4 is 10.0 Å². The number of H-pyrrole nitrogens is 1. The first kappa shape index (κ1) is 16.5. The molecule has 0 saturated carbocycles. The molecule has 9 heteroatoms. The van der Waals surface area contributed by atoms with Gasteiger partial charge in [-0.25, -0.2) is 21.6 Å². The van der Waals surface area contributed by atoms with Crippen molar-refractivity contribution in [1.29, 1.82) is 0 Å². The Morgan fingerprint density at radius 1 is 1.43 bits per heavy atom. The molecular formula is C12H21N3O4S2. The molecule has 1 fully saturated rings. The van der Waals surface area contributed by atoms with E-state index in [1.54, 1.807) is 6.07 Å². The minimum Gasteiger partial charge on any atom is -0.363 e. The van der Waals surface area contributed by atoms with Crippen LogP contribution in [0.1, 0.15) is 26.0 Å². The topological polar surface area (TPSA) is 108 Å². The van der Waals surface area contributed by atoms with Crippen molar-refractivity contribution in [2.24, 2.45) is 0 Å². The first-order valence-corrected chi connectivity index (χ1v) is 10.1. The van der Waals surface area contributed by atoms with Crippen LogP contribution in [0.5, 0.6) is 0 Å². The Labute approximate surface area is 125 Å². The second-order valence-electron chi connectivity index (χ2n) is 5.62. The van der Waals surface area contributed by atoms with Crippen molar-refractivity contribution in [3.05, 3.63) is 18.0 Å². The molecule has 1 saturated heterocycles. The number of nitrogens with one attached hydrogen (secondary N) is 3. The van der Waals surface area contributed by atoms with Gasteiger partial charge in [0.05, 0.1) is 16.4 Å². The van der Waals surface area contributed by atoms with Gasteiger partial charge in [-0.3, -0.25) is 0 Å². The van der Waals surface area contributed by atoms with Crippen LogP contribution >= 0.6 is 0 Å². The number of aromatic nitrogens is 1. The summed E-state index contributed by atoms with van der Waals surface area (Å²) in [6, 6.07) is 1.32. The predicted molar refractivity (Wildman–Crippen MR) is 80.1 cm³/mol. The average Bonchev–Trinajstić information content (AvgIpc) is 2.93. The fraction of sp³-hybridized carbons (Fsp3) is 0.667. The summed E-state index contributed by atoms with van der Waals surface area (Å²) in [5, 5.41) is 3.18. The molecule has 1 atom stereocenters. The van der Waals surface area contributed by atoms with Gasteiger partial charge in [0.2, 0.25) is 10.0 Å². The van der Waals surface area contributed by atoms with Gasteiger partial charge in [0.1, 0.15) is 0 Å². The highest BCUT2D eigenvalue weighted by Gasteiger charge is 2.31. The molecule has 0 spiro atoms. The maximum absolute atomic E-state index is 12.2. The second-order valence-corrected chi connectivity index (χ2v) is 9.56. The zero-order valence-corrected chi connectivity index (χ0v) is 13.7.